The Balaban J connectivity index is 2.86. The summed E-state index contributed by atoms with van der Waals surface area (Å²) in [6.45, 7) is 1.71. The van der Waals surface area contributed by atoms with Crippen molar-refractivity contribution in [2.24, 2.45) is 0 Å². The summed E-state index contributed by atoms with van der Waals surface area (Å²) in [5.41, 5.74) is 5.57. The molecule has 11 heavy (non-hydrogen) atoms. The molecule has 0 aromatic rings. The van der Waals surface area contributed by atoms with Crippen molar-refractivity contribution in [3.05, 3.63) is 23.9 Å². The lowest BCUT2D eigenvalue weighted by Gasteiger charge is -2.25. The average molecular weight is 153 g/mol. The summed E-state index contributed by atoms with van der Waals surface area (Å²) >= 11 is 0. The van der Waals surface area contributed by atoms with E-state index >= 15 is 0 Å². The van der Waals surface area contributed by atoms with Crippen LogP contribution in [0.15, 0.2) is 23.9 Å². The lowest BCUT2D eigenvalue weighted by Crippen LogP contribution is -2.51. The van der Waals surface area contributed by atoms with Gasteiger partial charge in [0.2, 0.25) is 5.72 Å². The smallest absolute Gasteiger partial charge is 0.295 e. The molecule has 0 bridgehead atoms. The van der Waals surface area contributed by atoms with Crippen LogP contribution >= 0.6 is 0 Å². The molecule has 0 spiro atoms. The number of allylic oxidation sites excluding steroid dienone is 3. The van der Waals surface area contributed by atoms with Crippen molar-refractivity contribution in [2.45, 2.75) is 12.6 Å². The molecule has 3 N–H and O–H groups in total. The van der Waals surface area contributed by atoms with Gasteiger partial charge in [0, 0.05) is 5.70 Å². The molecule has 1 radical (unpaired) electrons. The average Bonchev–Trinajstić information content (AvgIpc) is 1.86. The number of dihydropyridines is 1. The predicted molar refractivity (Wildman–Crippen MR) is 39.1 cm³/mol. The van der Waals surface area contributed by atoms with Crippen LogP contribution in [0.4, 0.5) is 0 Å². The maximum Gasteiger partial charge on any atom is 0.295 e. The van der Waals surface area contributed by atoms with Crippen LogP contribution in [-0.2, 0) is 4.79 Å². The molecule has 1 rings (SSSR count). The summed E-state index contributed by atoms with van der Waals surface area (Å²) in [7, 11) is 0. The molecule has 1 amide bonds. The van der Waals surface area contributed by atoms with Crippen LogP contribution in [-0.4, -0.2) is 16.7 Å². The topological polar surface area (TPSA) is 73.1 Å². The van der Waals surface area contributed by atoms with Gasteiger partial charge < -0.3 is 10.4 Å². The van der Waals surface area contributed by atoms with E-state index in [0.717, 1.165) is 0 Å². The van der Waals surface area contributed by atoms with Gasteiger partial charge in [-0.05, 0) is 19.1 Å². The van der Waals surface area contributed by atoms with Crippen molar-refractivity contribution < 1.29 is 9.90 Å². The van der Waals surface area contributed by atoms with Crippen LogP contribution in [0.1, 0.15) is 6.92 Å². The standard InChI is InChI=1S/C7H9N2O2/c1-5-3-2-4-7(11,9-5)6(8)10/h2-4,8-9,11H,1H3. The van der Waals surface area contributed by atoms with Gasteiger partial charge in [-0.1, -0.05) is 6.08 Å². The first-order valence-electron chi connectivity index (χ1n) is 3.17. The number of aliphatic hydroxyl groups is 1. The molecule has 0 fully saturated rings. The molecule has 59 valence electrons. The van der Waals surface area contributed by atoms with Gasteiger partial charge >= 0.3 is 0 Å². The minimum atomic E-state index is -1.82. The van der Waals surface area contributed by atoms with Crippen molar-refractivity contribution >= 4 is 5.91 Å². The number of hydrogen-bond donors (Lipinski definition) is 2. The Morgan fingerprint density at radius 3 is 2.82 bits per heavy atom. The molecule has 4 heteroatoms. The second-order valence-corrected chi connectivity index (χ2v) is 2.43. The van der Waals surface area contributed by atoms with Crippen LogP contribution < -0.4 is 11.1 Å². The van der Waals surface area contributed by atoms with Crippen LogP contribution in [0.2, 0.25) is 0 Å². The minimum absolute atomic E-state index is 0.663. The highest BCUT2D eigenvalue weighted by Gasteiger charge is 2.32. The van der Waals surface area contributed by atoms with Gasteiger partial charge in [-0.2, -0.15) is 0 Å². The Morgan fingerprint density at radius 2 is 2.45 bits per heavy atom. The summed E-state index contributed by atoms with van der Waals surface area (Å²) in [5, 5.41) is 11.8. The molecular weight excluding hydrogens is 144 g/mol. The molecule has 1 atom stereocenters. The fraction of sp³-hybridized carbons (Fsp3) is 0.286. The van der Waals surface area contributed by atoms with Crippen molar-refractivity contribution in [3.8, 4) is 0 Å². The number of carbonyl (C=O) groups is 1. The highest BCUT2D eigenvalue weighted by Crippen LogP contribution is 2.10. The molecule has 1 heterocycles. The molecule has 4 nitrogen and oxygen atoms in total. The van der Waals surface area contributed by atoms with Crippen molar-refractivity contribution in [1.82, 2.24) is 11.1 Å². The molecule has 0 aromatic heterocycles. The van der Waals surface area contributed by atoms with Gasteiger partial charge in [-0.3, -0.25) is 10.5 Å². The van der Waals surface area contributed by atoms with E-state index in [1.54, 1.807) is 13.0 Å². The molecule has 1 aliphatic heterocycles. The van der Waals surface area contributed by atoms with Crippen LogP contribution in [0.25, 0.3) is 0 Å². The maximum absolute atomic E-state index is 10.5. The summed E-state index contributed by atoms with van der Waals surface area (Å²) in [6.07, 6.45) is 4.49. The van der Waals surface area contributed by atoms with Gasteiger partial charge in [0.05, 0.1) is 0 Å². The van der Waals surface area contributed by atoms with E-state index in [2.05, 4.69) is 5.32 Å². The first-order chi connectivity index (χ1) is 5.04. The fourth-order valence-corrected chi connectivity index (χ4v) is 0.848. The number of hydrogen-bond acceptors (Lipinski definition) is 3. The molecule has 0 aromatic carbocycles. The minimum Gasteiger partial charge on any atom is -0.360 e. The van der Waals surface area contributed by atoms with Crippen LogP contribution in [0.5, 0.6) is 0 Å². The second-order valence-electron chi connectivity index (χ2n) is 2.43. The third-order valence-electron chi connectivity index (χ3n) is 1.42. The first-order valence-corrected chi connectivity index (χ1v) is 3.17. The Hall–Kier alpha value is -1.29. The third kappa shape index (κ3) is 1.40. The SMILES string of the molecule is CC1=CC=CC(O)(C([NH])=O)N1. The molecular formula is C7H9N2O2. The lowest BCUT2D eigenvalue weighted by molar-refractivity contribution is -0.134. The summed E-state index contributed by atoms with van der Waals surface area (Å²) in [5.74, 6) is -1.05. The van der Waals surface area contributed by atoms with E-state index in [4.69, 9.17) is 5.73 Å². The lowest BCUT2D eigenvalue weighted by atomic mass is 10.1. The number of nitrogens with one attached hydrogen (secondary N) is 2. The van der Waals surface area contributed by atoms with Crippen LogP contribution in [0.3, 0.4) is 0 Å². The first kappa shape index (κ1) is 7.81. The number of carbonyl (C=O) groups excluding carboxylic acids is 1. The monoisotopic (exact) mass is 153 g/mol. The number of amides is 1. The normalized spacial score (nSPS) is 29.1. The Bertz CT molecular complexity index is 245. The predicted octanol–water partition coefficient (Wildman–Crippen LogP) is -0.452. The Labute approximate surface area is 64.4 Å². The second kappa shape index (κ2) is 2.39. The van der Waals surface area contributed by atoms with Gasteiger partial charge in [0.1, 0.15) is 0 Å². The Morgan fingerprint density at radius 1 is 1.82 bits per heavy atom. The van der Waals surface area contributed by atoms with E-state index in [1.165, 1.54) is 12.2 Å². The molecule has 0 saturated heterocycles. The molecule has 1 aliphatic rings. The van der Waals surface area contributed by atoms with Gasteiger partial charge in [0.25, 0.3) is 5.91 Å². The fourth-order valence-electron chi connectivity index (χ4n) is 0.848. The summed E-state index contributed by atoms with van der Waals surface area (Å²) in [6, 6.07) is 0. The van der Waals surface area contributed by atoms with Gasteiger partial charge in [-0.15, -0.1) is 0 Å². The van der Waals surface area contributed by atoms with E-state index in [1.807, 2.05) is 0 Å². The van der Waals surface area contributed by atoms with E-state index in [0.29, 0.717) is 5.70 Å². The van der Waals surface area contributed by atoms with E-state index < -0.39 is 11.6 Å². The van der Waals surface area contributed by atoms with Crippen molar-refractivity contribution in [1.29, 1.82) is 0 Å². The van der Waals surface area contributed by atoms with Crippen molar-refractivity contribution in [3.63, 3.8) is 0 Å². The van der Waals surface area contributed by atoms with Crippen LogP contribution in [0, 0.1) is 0 Å². The number of rotatable bonds is 1. The zero-order valence-electron chi connectivity index (χ0n) is 6.09. The molecule has 0 saturated carbocycles. The summed E-state index contributed by atoms with van der Waals surface area (Å²) in [4.78, 5) is 10.5. The summed E-state index contributed by atoms with van der Waals surface area (Å²) < 4.78 is 0. The van der Waals surface area contributed by atoms with Gasteiger partial charge in [0.15, 0.2) is 0 Å². The van der Waals surface area contributed by atoms with Gasteiger partial charge in [-0.25, -0.2) is 0 Å². The van der Waals surface area contributed by atoms with E-state index in [9.17, 15) is 9.90 Å². The quantitative estimate of drug-likeness (QED) is 0.535. The molecule has 1 unspecified atom stereocenters. The highest BCUT2D eigenvalue weighted by atomic mass is 16.3. The van der Waals surface area contributed by atoms with E-state index in [-0.39, 0.29) is 0 Å². The maximum atomic E-state index is 10.5. The Kier molecular flexibility index (Phi) is 1.70. The third-order valence-corrected chi connectivity index (χ3v) is 1.42. The largest absolute Gasteiger partial charge is 0.360 e. The van der Waals surface area contributed by atoms with Crippen molar-refractivity contribution in [2.75, 3.05) is 0 Å². The zero-order valence-corrected chi connectivity index (χ0v) is 6.09. The zero-order chi connectivity index (χ0) is 8.48. The molecule has 0 aliphatic carbocycles. The highest BCUT2D eigenvalue weighted by molar-refractivity contribution is 5.84.